The molecule has 0 atom stereocenters. The molecule has 0 saturated heterocycles. The fourth-order valence-electron chi connectivity index (χ4n) is 3.37. The molecule has 0 aromatic carbocycles. The molecule has 0 aliphatic rings. The van der Waals surface area contributed by atoms with Crippen LogP contribution in [0.15, 0.2) is 18.2 Å². The van der Waals surface area contributed by atoms with Gasteiger partial charge in [-0.3, -0.25) is 15.5 Å². The van der Waals surface area contributed by atoms with E-state index in [9.17, 15) is 4.79 Å². The molecule has 3 aromatic heterocycles. The van der Waals surface area contributed by atoms with Gasteiger partial charge in [0.2, 0.25) is 0 Å². The third-order valence-electron chi connectivity index (χ3n) is 4.81. The first-order valence-electron chi connectivity index (χ1n) is 10.1. The highest BCUT2D eigenvalue weighted by molar-refractivity contribution is 6.29. The minimum absolute atomic E-state index is 0.278. The number of carbonyl (C=O) groups is 1. The molecule has 3 N–H and O–H groups in total. The van der Waals surface area contributed by atoms with E-state index in [0.29, 0.717) is 16.7 Å². The van der Waals surface area contributed by atoms with Gasteiger partial charge >= 0.3 is 6.03 Å². The number of urea groups is 1. The molecule has 0 unspecified atom stereocenters. The summed E-state index contributed by atoms with van der Waals surface area (Å²) in [5.41, 5.74) is 10.7. The average molecular weight is 430 g/mol. The number of carbonyl (C=O) groups excluding carboxylic acids is 1. The van der Waals surface area contributed by atoms with Crippen molar-refractivity contribution < 1.29 is 4.79 Å². The summed E-state index contributed by atoms with van der Waals surface area (Å²) in [5, 5.41) is 7.60. The van der Waals surface area contributed by atoms with Crippen molar-refractivity contribution in [2.24, 2.45) is 7.05 Å². The van der Waals surface area contributed by atoms with Crippen LogP contribution in [0.4, 0.5) is 16.3 Å². The number of amides is 2. The average Bonchev–Trinajstić information content (AvgIpc) is 2.97. The molecule has 0 bridgehead atoms. The summed E-state index contributed by atoms with van der Waals surface area (Å²) in [6.45, 7) is 8.27. The standard InChI is InChI=1S/C21H28ClN7O/c1-6-7-8-14-9-15(10-17(22)23-14)24-21(30)27-26-18-11-16(12(2)3)20-19(25-18)13(4)28-29(20)5/h9-12H,6-8H2,1-5H3,(H,25,26)(H2,23,24,27,30). The van der Waals surface area contributed by atoms with E-state index in [2.05, 4.69) is 52.0 Å². The van der Waals surface area contributed by atoms with Gasteiger partial charge in [-0.25, -0.2) is 14.8 Å². The van der Waals surface area contributed by atoms with Gasteiger partial charge in [0.25, 0.3) is 0 Å². The quantitative estimate of drug-likeness (QED) is 0.365. The Morgan fingerprint density at radius 3 is 2.70 bits per heavy atom. The van der Waals surface area contributed by atoms with Gasteiger partial charge in [0, 0.05) is 18.4 Å². The Labute approximate surface area is 181 Å². The van der Waals surface area contributed by atoms with Crippen LogP contribution in [0, 0.1) is 6.92 Å². The van der Waals surface area contributed by atoms with E-state index in [1.165, 1.54) is 0 Å². The fourth-order valence-corrected chi connectivity index (χ4v) is 3.60. The summed E-state index contributed by atoms with van der Waals surface area (Å²) in [6, 6.07) is 4.97. The summed E-state index contributed by atoms with van der Waals surface area (Å²) in [5.74, 6) is 0.828. The van der Waals surface area contributed by atoms with Crippen molar-refractivity contribution in [3.8, 4) is 0 Å². The molecule has 0 aliphatic carbocycles. The summed E-state index contributed by atoms with van der Waals surface area (Å²) in [6.07, 6.45) is 2.89. The van der Waals surface area contributed by atoms with Crippen molar-refractivity contribution in [2.75, 3.05) is 10.7 Å². The lowest BCUT2D eigenvalue weighted by atomic mass is 10.0. The van der Waals surface area contributed by atoms with Gasteiger partial charge < -0.3 is 5.32 Å². The topological polar surface area (TPSA) is 96.8 Å². The van der Waals surface area contributed by atoms with Crippen LogP contribution >= 0.6 is 11.6 Å². The predicted molar refractivity (Wildman–Crippen MR) is 121 cm³/mol. The fraction of sp³-hybridized carbons (Fsp3) is 0.429. The number of fused-ring (bicyclic) bond motifs is 1. The molecule has 160 valence electrons. The molecule has 0 spiro atoms. The maximum atomic E-state index is 12.4. The van der Waals surface area contributed by atoms with Crippen molar-refractivity contribution in [2.45, 2.75) is 52.9 Å². The Hall–Kier alpha value is -2.87. The molecule has 0 aliphatic heterocycles. The van der Waals surface area contributed by atoms with Gasteiger partial charge in [-0.05, 0) is 49.4 Å². The molecule has 8 nitrogen and oxygen atoms in total. The van der Waals surface area contributed by atoms with Crippen molar-refractivity contribution in [1.82, 2.24) is 25.2 Å². The Morgan fingerprint density at radius 2 is 2.00 bits per heavy atom. The third kappa shape index (κ3) is 4.99. The van der Waals surface area contributed by atoms with E-state index in [-0.39, 0.29) is 5.92 Å². The number of nitrogens with one attached hydrogen (secondary N) is 3. The minimum Gasteiger partial charge on any atom is -0.306 e. The van der Waals surface area contributed by atoms with Crippen molar-refractivity contribution in [1.29, 1.82) is 0 Å². The van der Waals surface area contributed by atoms with E-state index in [1.807, 2.05) is 30.8 Å². The molecule has 9 heteroatoms. The van der Waals surface area contributed by atoms with Crippen LogP contribution in [-0.2, 0) is 13.5 Å². The molecule has 0 fully saturated rings. The maximum absolute atomic E-state index is 12.4. The zero-order valence-electron chi connectivity index (χ0n) is 18.0. The molecular weight excluding hydrogens is 402 g/mol. The number of hydrogen-bond donors (Lipinski definition) is 3. The molecule has 3 heterocycles. The van der Waals surface area contributed by atoms with Crippen LogP contribution < -0.4 is 16.2 Å². The SMILES string of the molecule is CCCCc1cc(NC(=O)NNc2cc(C(C)C)c3c(n2)c(C)nn3C)cc(Cl)n1. The molecule has 2 amide bonds. The molecule has 3 aromatic rings. The molecular formula is C21H28ClN7O. The number of pyridine rings is 2. The highest BCUT2D eigenvalue weighted by Gasteiger charge is 2.16. The van der Waals surface area contributed by atoms with E-state index in [1.54, 1.807) is 6.07 Å². The smallest absolute Gasteiger partial charge is 0.306 e. The first kappa shape index (κ1) is 21.8. The maximum Gasteiger partial charge on any atom is 0.337 e. The summed E-state index contributed by atoms with van der Waals surface area (Å²) in [7, 11) is 1.91. The number of halogens is 1. The lowest BCUT2D eigenvalue weighted by Crippen LogP contribution is -2.34. The summed E-state index contributed by atoms with van der Waals surface area (Å²) < 4.78 is 1.85. The van der Waals surface area contributed by atoms with Crippen LogP contribution in [0.25, 0.3) is 11.0 Å². The molecule has 0 radical (unpaired) electrons. The number of rotatable bonds is 7. The van der Waals surface area contributed by atoms with Gasteiger partial charge in [0.15, 0.2) is 0 Å². The van der Waals surface area contributed by atoms with Crippen LogP contribution in [0.2, 0.25) is 5.15 Å². The molecule has 30 heavy (non-hydrogen) atoms. The van der Waals surface area contributed by atoms with Gasteiger partial charge in [-0.15, -0.1) is 0 Å². The van der Waals surface area contributed by atoms with Crippen LogP contribution in [0.1, 0.15) is 56.5 Å². The zero-order chi connectivity index (χ0) is 21.8. The molecule has 0 saturated carbocycles. The Balaban J connectivity index is 1.73. The lowest BCUT2D eigenvalue weighted by molar-refractivity contribution is 0.254. The van der Waals surface area contributed by atoms with Gasteiger partial charge in [-0.2, -0.15) is 5.10 Å². The van der Waals surface area contributed by atoms with Crippen molar-refractivity contribution in [3.05, 3.63) is 40.3 Å². The summed E-state index contributed by atoms with van der Waals surface area (Å²) in [4.78, 5) is 21.3. The molecule has 3 rings (SSSR count). The second kappa shape index (κ2) is 9.30. The second-order valence-electron chi connectivity index (χ2n) is 7.64. The highest BCUT2D eigenvalue weighted by atomic mass is 35.5. The predicted octanol–water partition coefficient (Wildman–Crippen LogP) is 4.94. The lowest BCUT2D eigenvalue weighted by Gasteiger charge is -2.14. The first-order chi connectivity index (χ1) is 14.3. The highest BCUT2D eigenvalue weighted by Crippen LogP contribution is 2.28. The Kier molecular flexibility index (Phi) is 6.77. The first-order valence-corrected chi connectivity index (χ1v) is 10.5. The number of nitrogens with zero attached hydrogens (tertiary/aromatic N) is 4. The van der Waals surface area contributed by atoms with Crippen LogP contribution in [0.5, 0.6) is 0 Å². The van der Waals surface area contributed by atoms with Gasteiger partial charge in [0.1, 0.15) is 16.5 Å². The van der Waals surface area contributed by atoms with Crippen LogP contribution in [0.3, 0.4) is 0 Å². The normalized spacial score (nSPS) is 11.2. The van der Waals surface area contributed by atoms with E-state index in [4.69, 9.17) is 11.6 Å². The summed E-state index contributed by atoms with van der Waals surface area (Å²) >= 11 is 6.09. The van der Waals surface area contributed by atoms with Crippen LogP contribution in [-0.4, -0.2) is 25.8 Å². The number of aryl methyl sites for hydroxylation is 3. The van der Waals surface area contributed by atoms with Gasteiger partial charge in [-0.1, -0.05) is 38.8 Å². The number of hydrogen-bond acceptors (Lipinski definition) is 5. The zero-order valence-corrected chi connectivity index (χ0v) is 18.8. The monoisotopic (exact) mass is 429 g/mol. The van der Waals surface area contributed by atoms with E-state index in [0.717, 1.165) is 47.2 Å². The van der Waals surface area contributed by atoms with E-state index >= 15 is 0 Å². The number of hydrazine groups is 1. The minimum atomic E-state index is -0.422. The second-order valence-corrected chi connectivity index (χ2v) is 8.02. The number of aromatic nitrogens is 4. The Bertz CT molecular complexity index is 1060. The van der Waals surface area contributed by atoms with Crippen molar-refractivity contribution >= 4 is 40.2 Å². The Morgan fingerprint density at radius 1 is 1.23 bits per heavy atom. The number of unbranched alkanes of at least 4 members (excludes halogenated alkanes) is 1. The largest absolute Gasteiger partial charge is 0.337 e. The third-order valence-corrected chi connectivity index (χ3v) is 5.00. The van der Waals surface area contributed by atoms with Crippen molar-refractivity contribution in [3.63, 3.8) is 0 Å². The van der Waals surface area contributed by atoms with Gasteiger partial charge in [0.05, 0.1) is 11.2 Å². The number of anilines is 2. The van der Waals surface area contributed by atoms with E-state index < -0.39 is 6.03 Å².